The monoisotopic (exact) mass is 362 g/mol. The van der Waals surface area contributed by atoms with Crippen LogP contribution in [0.15, 0.2) is 22.7 Å². The van der Waals surface area contributed by atoms with Crippen LogP contribution < -0.4 is 4.90 Å². The molecule has 4 nitrogen and oxygen atoms in total. The summed E-state index contributed by atoms with van der Waals surface area (Å²) in [6.45, 7) is -0.660. The lowest BCUT2D eigenvalue weighted by Crippen LogP contribution is -2.47. The summed E-state index contributed by atoms with van der Waals surface area (Å²) in [6, 6.07) is 6.40. The van der Waals surface area contributed by atoms with Crippen LogP contribution in [0.2, 0.25) is 0 Å². The normalized spacial score (nSPS) is 22.1. The van der Waals surface area contributed by atoms with Crippen LogP contribution in [0.25, 0.3) is 0 Å². The highest BCUT2D eigenvalue weighted by Gasteiger charge is 2.63. The first kappa shape index (κ1) is 15.6. The standard InChI is InChI=1S/C13H10BrF3N2O2/c14-9-5-8(6-18)1-2-10(9)19-4-3-12(7-19,11(20)21)13(15,16)17/h1-2,5H,3-4,7H2,(H,20,21). The molecule has 1 N–H and O–H groups in total. The minimum Gasteiger partial charge on any atom is -0.481 e. The first-order valence-electron chi connectivity index (χ1n) is 5.96. The van der Waals surface area contributed by atoms with E-state index in [1.807, 2.05) is 6.07 Å². The number of carboxylic acid groups (broad SMARTS) is 1. The molecule has 1 heterocycles. The van der Waals surface area contributed by atoms with Gasteiger partial charge in [0.15, 0.2) is 5.41 Å². The summed E-state index contributed by atoms with van der Waals surface area (Å²) in [5.74, 6) is -1.86. The van der Waals surface area contributed by atoms with Gasteiger partial charge in [0.25, 0.3) is 0 Å². The van der Waals surface area contributed by atoms with Gasteiger partial charge in [0, 0.05) is 17.6 Å². The fraction of sp³-hybridized carbons (Fsp3) is 0.385. The highest BCUT2D eigenvalue weighted by Crippen LogP contribution is 2.47. The van der Waals surface area contributed by atoms with Crippen LogP contribution in [-0.2, 0) is 4.79 Å². The predicted molar refractivity (Wildman–Crippen MR) is 71.8 cm³/mol. The topological polar surface area (TPSA) is 64.3 Å². The molecule has 1 aromatic rings. The molecule has 8 heteroatoms. The number of nitriles is 1. The van der Waals surface area contributed by atoms with Crippen molar-refractivity contribution in [2.24, 2.45) is 5.41 Å². The van der Waals surface area contributed by atoms with Crippen molar-refractivity contribution >= 4 is 27.6 Å². The minimum absolute atomic E-state index is 0.0175. The molecule has 0 aromatic heterocycles. The van der Waals surface area contributed by atoms with Crippen LogP contribution in [0.4, 0.5) is 18.9 Å². The second-order valence-corrected chi connectivity index (χ2v) is 5.69. The number of carbonyl (C=O) groups is 1. The summed E-state index contributed by atoms with van der Waals surface area (Å²) >= 11 is 3.20. The van der Waals surface area contributed by atoms with Crippen molar-refractivity contribution in [1.82, 2.24) is 0 Å². The molecule has 1 unspecified atom stereocenters. The van der Waals surface area contributed by atoms with E-state index in [2.05, 4.69) is 15.9 Å². The Hall–Kier alpha value is -1.75. The molecule has 0 saturated carbocycles. The molecule has 1 aliphatic heterocycles. The third-order valence-electron chi connectivity index (χ3n) is 3.64. The zero-order chi connectivity index (χ0) is 15.8. The summed E-state index contributed by atoms with van der Waals surface area (Å²) < 4.78 is 39.8. The smallest absolute Gasteiger partial charge is 0.406 e. The maximum absolute atomic E-state index is 13.1. The lowest BCUT2D eigenvalue weighted by Gasteiger charge is -2.28. The van der Waals surface area contributed by atoms with E-state index in [9.17, 15) is 18.0 Å². The summed E-state index contributed by atoms with van der Waals surface area (Å²) in [7, 11) is 0. The van der Waals surface area contributed by atoms with Gasteiger partial charge in [0.05, 0.1) is 17.3 Å². The van der Waals surface area contributed by atoms with E-state index >= 15 is 0 Å². The molecule has 1 fully saturated rings. The van der Waals surface area contributed by atoms with Gasteiger partial charge in [-0.05, 0) is 40.5 Å². The van der Waals surface area contributed by atoms with Gasteiger partial charge in [-0.2, -0.15) is 18.4 Å². The van der Waals surface area contributed by atoms with Crippen molar-refractivity contribution in [2.75, 3.05) is 18.0 Å². The van der Waals surface area contributed by atoms with Gasteiger partial charge in [-0.15, -0.1) is 0 Å². The minimum atomic E-state index is -4.81. The molecule has 1 aromatic carbocycles. The lowest BCUT2D eigenvalue weighted by atomic mass is 9.86. The summed E-state index contributed by atoms with van der Waals surface area (Å²) in [6.07, 6.45) is -5.31. The third-order valence-corrected chi connectivity index (χ3v) is 4.27. The van der Waals surface area contributed by atoms with Crippen LogP contribution in [0, 0.1) is 16.7 Å². The molecule has 0 bridgehead atoms. The zero-order valence-electron chi connectivity index (χ0n) is 10.6. The Kier molecular flexibility index (Phi) is 3.89. The van der Waals surface area contributed by atoms with Crippen LogP contribution in [-0.4, -0.2) is 30.3 Å². The van der Waals surface area contributed by atoms with Crippen molar-refractivity contribution in [1.29, 1.82) is 5.26 Å². The Balaban J connectivity index is 2.34. The molecule has 21 heavy (non-hydrogen) atoms. The fourth-order valence-electron chi connectivity index (χ4n) is 2.38. The van der Waals surface area contributed by atoms with Gasteiger partial charge in [-0.3, -0.25) is 4.79 Å². The number of anilines is 1. The molecule has 1 saturated heterocycles. The largest absolute Gasteiger partial charge is 0.481 e. The quantitative estimate of drug-likeness (QED) is 0.877. The number of hydrogen-bond donors (Lipinski definition) is 1. The maximum Gasteiger partial charge on any atom is 0.406 e. The van der Waals surface area contributed by atoms with E-state index in [1.54, 1.807) is 0 Å². The molecule has 112 valence electrons. The van der Waals surface area contributed by atoms with E-state index in [0.717, 1.165) is 0 Å². The maximum atomic E-state index is 13.1. The van der Waals surface area contributed by atoms with E-state index in [4.69, 9.17) is 10.4 Å². The second kappa shape index (κ2) is 5.22. The molecule has 0 radical (unpaired) electrons. The van der Waals surface area contributed by atoms with E-state index in [1.165, 1.54) is 23.1 Å². The Morgan fingerprint density at radius 3 is 2.57 bits per heavy atom. The number of nitrogens with zero attached hydrogens (tertiary/aromatic N) is 2. The van der Waals surface area contributed by atoms with Gasteiger partial charge >= 0.3 is 12.1 Å². The molecule has 0 amide bonds. The van der Waals surface area contributed by atoms with Gasteiger partial charge in [-0.1, -0.05) is 0 Å². The van der Waals surface area contributed by atoms with Crippen molar-refractivity contribution < 1.29 is 23.1 Å². The predicted octanol–water partition coefficient (Wildman–Crippen LogP) is 3.16. The molecule has 2 rings (SSSR count). The van der Waals surface area contributed by atoms with Crippen LogP contribution >= 0.6 is 15.9 Å². The van der Waals surface area contributed by atoms with E-state index < -0.39 is 30.5 Å². The van der Waals surface area contributed by atoms with E-state index in [-0.39, 0.29) is 6.54 Å². The van der Waals surface area contributed by atoms with Gasteiger partial charge in [0.2, 0.25) is 0 Å². The van der Waals surface area contributed by atoms with Crippen molar-refractivity contribution in [3.8, 4) is 6.07 Å². The van der Waals surface area contributed by atoms with Crippen LogP contribution in [0.5, 0.6) is 0 Å². The Bertz CT molecular complexity index is 627. The van der Waals surface area contributed by atoms with Crippen LogP contribution in [0.1, 0.15) is 12.0 Å². The van der Waals surface area contributed by atoms with Crippen LogP contribution in [0.3, 0.4) is 0 Å². The number of halogens is 4. The number of benzene rings is 1. The van der Waals surface area contributed by atoms with Gasteiger partial charge < -0.3 is 10.0 Å². The average Bonchev–Trinajstić information content (AvgIpc) is 2.84. The average molecular weight is 363 g/mol. The molecule has 1 aliphatic rings. The number of alkyl halides is 3. The highest BCUT2D eigenvalue weighted by atomic mass is 79.9. The molecular formula is C13H10BrF3N2O2. The van der Waals surface area contributed by atoms with Crippen molar-refractivity contribution in [3.05, 3.63) is 28.2 Å². The number of hydrogen-bond acceptors (Lipinski definition) is 3. The second-order valence-electron chi connectivity index (χ2n) is 4.83. The van der Waals surface area contributed by atoms with Crippen molar-refractivity contribution in [3.63, 3.8) is 0 Å². The van der Waals surface area contributed by atoms with Crippen molar-refractivity contribution in [2.45, 2.75) is 12.6 Å². The third kappa shape index (κ3) is 2.58. The van der Waals surface area contributed by atoms with E-state index in [0.29, 0.717) is 15.7 Å². The first-order valence-corrected chi connectivity index (χ1v) is 6.75. The Labute approximate surface area is 126 Å². The highest BCUT2D eigenvalue weighted by molar-refractivity contribution is 9.10. The summed E-state index contributed by atoms with van der Waals surface area (Å²) in [5.41, 5.74) is -1.94. The fourth-order valence-corrected chi connectivity index (χ4v) is 3.01. The SMILES string of the molecule is N#Cc1ccc(N2CCC(C(=O)O)(C(F)(F)F)C2)c(Br)c1. The molecular weight excluding hydrogens is 353 g/mol. The Morgan fingerprint density at radius 2 is 2.14 bits per heavy atom. The molecule has 0 aliphatic carbocycles. The zero-order valence-corrected chi connectivity index (χ0v) is 12.2. The first-order chi connectivity index (χ1) is 9.71. The number of aliphatic carboxylic acids is 1. The van der Waals surface area contributed by atoms with Gasteiger partial charge in [0.1, 0.15) is 0 Å². The summed E-state index contributed by atoms with van der Waals surface area (Å²) in [4.78, 5) is 12.5. The van der Waals surface area contributed by atoms with Gasteiger partial charge in [-0.25, -0.2) is 0 Å². The summed E-state index contributed by atoms with van der Waals surface area (Å²) in [5, 5.41) is 17.8. The number of rotatable bonds is 2. The lowest BCUT2D eigenvalue weighted by molar-refractivity contribution is -0.225. The Morgan fingerprint density at radius 1 is 1.48 bits per heavy atom. The number of carboxylic acids is 1. The molecule has 1 atom stereocenters. The molecule has 0 spiro atoms.